The van der Waals surface area contributed by atoms with Crippen LogP contribution in [0.4, 0.5) is 8.78 Å². The Morgan fingerprint density at radius 2 is 2.00 bits per heavy atom. The van der Waals surface area contributed by atoms with E-state index < -0.39 is 17.6 Å². The Morgan fingerprint density at radius 1 is 1.25 bits per heavy atom. The molecule has 0 saturated carbocycles. The summed E-state index contributed by atoms with van der Waals surface area (Å²) in [7, 11) is 0. The van der Waals surface area contributed by atoms with E-state index in [1.807, 2.05) is 0 Å². The van der Waals surface area contributed by atoms with Crippen LogP contribution >= 0.6 is 15.9 Å². The van der Waals surface area contributed by atoms with Crippen molar-refractivity contribution in [1.82, 2.24) is 0 Å². The van der Waals surface area contributed by atoms with Gasteiger partial charge in [0.2, 0.25) is 0 Å². The molecule has 0 bridgehead atoms. The molecule has 0 atom stereocenters. The molecule has 0 aliphatic carbocycles. The van der Waals surface area contributed by atoms with E-state index in [1.165, 1.54) is 18.2 Å². The van der Waals surface area contributed by atoms with Gasteiger partial charge < -0.3 is 9.84 Å². The maximum atomic E-state index is 13.3. The lowest BCUT2D eigenvalue weighted by atomic mass is 10.2. The molecule has 2 aromatic carbocycles. The number of ether oxygens (including phenoxy) is 1. The fourth-order valence-electron chi connectivity index (χ4n) is 1.61. The Morgan fingerprint density at radius 3 is 2.70 bits per heavy atom. The minimum Gasteiger partial charge on any atom is -0.488 e. The summed E-state index contributed by atoms with van der Waals surface area (Å²) in [5.41, 5.74) is 0.239. The third-order valence-electron chi connectivity index (χ3n) is 2.59. The normalized spacial score (nSPS) is 10.3. The van der Waals surface area contributed by atoms with Crippen molar-refractivity contribution in [3.8, 4) is 5.75 Å². The zero-order valence-electron chi connectivity index (χ0n) is 10.1. The summed E-state index contributed by atoms with van der Waals surface area (Å²) >= 11 is 3.08. The van der Waals surface area contributed by atoms with Crippen LogP contribution in [0, 0.1) is 11.6 Å². The highest BCUT2D eigenvalue weighted by Gasteiger charge is 2.13. The molecule has 0 radical (unpaired) electrons. The topological polar surface area (TPSA) is 46.5 Å². The fourth-order valence-corrected chi connectivity index (χ4v) is 1.99. The smallest absolute Gasteiger partial charge is 0.339 e. The minimum absolute atomic E-state index is 0.0232. The number of hydrogen-bond acceptors (Lipinski definition) is 2. The lowest BCUT2D eigenvalue weighted by Crippen LogP contribution is -2.04. The average molecular weight is 343 g/mol. The lowest BCUT2D eigenvalue weighted by Gasteiger charge is -2.10. The summed E-state index contributed by atoms with van der Waals surface area (Å²) < 4.78 is 31.9. The Kier molecular flexibility index (Phi) is 4.34. The summed E-state index contributed by atoms with van der Waals surface area (Å²) in [6.07, 6.45) is 0. The monoisotopic (exact) mass is 342 g/mol. The quantitative estimate of drug-likeness (QED) is 0.913. The van der Waals surface area contributed by atoms with Crippen LogP contribution in [0.2, 0.25) is 0 Å². The van der Waals surface area contributed by atoms with Gasteiger partial charge in [0.25, 0.3) is 0 Å². The molecule has 0 aliphatic rings. The molecule has 0 heterocycles. The molecule has 0 fully saturated rings. The number of carboxylic acid groups (broad SMARTS) is 1. The zero-order valence-corrected chi connectivity index (χ0v) is 11.7. The third kappa shape index (κ3) is 3.14. The van der Waals surface area contributed by atoms with E-state index in [-0.39, 0.29) is 22.4 Å². The first-order valence-corrected chi connectivity index (χ1v) is 6.37. The number of carboxylic acids is 1. The highest BCUT2D eigenvalue weighted by Crippen LogP contribution is 2.24. The van der Waals surface area contributed by atoms with Crippen molar-refractivity contribution >= 4 is 21.9 Å². The molecular weight excluding hydrogens is 334 g/mol. The van der Waals surface area contributed by atoms with Crippen molar-refractivity contribution in [1.29, 1.82) is 0 Å². The summed E-state index contributed by atoms with van der Waals surface area (Å²) in [5, 5.41) is 8.97. The first-order valence-electron chi connectivity index (χ1n) is 5.57. The van der Waals surface area contributed by atoms with Crippen LogP contribution in [0.3, 0.4) is 0 Å². The number of aromatic carboxylic acids is 1. The second-order valence-corrected chi connectivity index (χ2v) is 4.74. The van der Waals surface area contributed by atoms with Crippen molar-refractivity contribution in [3.05, 3.63) is 63.6 Å². The van der Waals surface area contributed by atoms with Gasteiger partial charge in [-0.25, -0.2) is 13.6 Å². The number of benzene rings is 2. The molecule has 0 unspecified atom stereocenters. The molecule has 0 saturated heterocycles. The highest BCUT2D eigenvalue weighted by molar-refractivity contribution is 9.10. The predicted octanol–water partition coefficient (Wildman–Crippen LogP) is 4.00. The molecular formula is C14H9BrF2O3. The number of rotatable bonds is 4. The van der Waals surface area contributed by atoms with E-state index in [2.05, 4.69) is 15.9 Å². The standard InChI is InChI=1S/C14H9BrF2O3/c15-13-8(2-1-3-11(13)17)7-20-12-5-4-9(16)6-10(12)14(18)19/h1-6H,7H2,(H,18,19). The van der Waals surface area contributed by atoms with Gasteiger partial charge in [0, 0.05) is 5.56 Å². The number of carbonyl (C=O) groups is 1. The minimum atomic E-state index is -1.29. The van der Waals surface area contributed by atoms with Gasteiger partial charge in [-0.15, -0.1) is 0 Å². The molecule has 0 aromatic heterocycles. The molecule has 0 spiro atoms. The van der Waals surface area contributed by atoms with E-state index >= 15 is 0 Å². The van der Waals surface area contributed by atoms with Crippen molar-refractivity contribution in [2.45, 2.75) is 6.61 Å². The highest BCUT2D eigenvalue weighted by atomic mass is 79.9. The molecule has 2 aromatic rings. The number of hydrogen-bond donors (Lipinski definition) is 1. The van der Waals surface area contributed by atoms with Crippen LogP contribution < -0.4 is 4.74 Å². The molecule has 0 aliphatic heterocycles. The third-order valence-corrected chi connectivity index (χ3v) is 3.47. The van der Waals surface area contributed by atoms with E-state index in [4.69, 9.17) is 9.84 Å². The van der Waals surface area contributed by atoms with Crippen LogP contribution in [0.1, 0.15) is 15.9 Å². The van der Waals surface area contributed by atoms with Crippen molar-refractivity contribution in [3.63, 3.8) is 0 Å². The maximum absolute atomic E-state index is 13.3. The molecule has 6 heteroatoms. The Bertz CT molecular complexity index is 659. The van der Waals surface area contributed by atoms with Crippen molar-refractivity contribution < 1.29 is 23.4 Å². The average Bonchev–Trinajstić information content (AvgIpc) is 2.41. The lowest BCUT2D eigenvalue weighted by molar-refractivity contribution is 0.0691. The van der Waals surface area contributed by atoms with Gasteiger partial charge in [0.1, 0.15) is 29.6 Å². The second-order valence-electron chi connectivity index (χ2n) is 3.95. The molecule has 104 valence electrons. The molecule has 0 amide bonds. The largest absolute Gasteiger partial charge is 0.488 e. The molecule has 2 rings (SSSR count). The van der Waals surface area contributed by atoms with Crippen LogP contribution in [-0.2, 0) is 6.61 Å². The Hall–Kier alpha value is -1.95. The zero-order chi connectivity index (χ0) is 14.7. The van der Waals surface area contributed by atoms with Gasteiger partial charge >= 0.3 is 5.97 Å². The van der Waals surface area contributed by atoms with E-state index in [9.17, 15) is 13.6 Å². The van der Waals surface area contributed by atoms with Crippen LogP contribution in [0.15, 0.2) is 40.9 Å². The maximum Gasteiger partial charge on any atom is 0.339 e. The first-order chi connectivity index (χ1) is 9.49. The Labute approximate surface area is 121 Å². The van der Waals surface area contributed by atoms with E-state index in [0.717, 1.165) is 12.1 Å². The van der Waals surface area contributed by atoms with Crippen LogP contribution in [-0.4, -0.2) is 11.1 Å². The Balaban J connectivity index is 2.23. The van der Waals surface area contributed by atoms with Gasteiger partial charge in [-0.3, -0.25) is 0 Å². The van der Waals surface area contributed by atoms with E-state index in [0.29, 0.717) is 5.56 Å². The van der Waals surface area contributed by atoms with Gasteiger partial charge in [-0.2, -0.15) is 0 Å². The summed E-state index contributed by atoms with van der Waals surface area (Å²) in [4.78, 5) is 11.0. The first kappa shape index (κ1) is 14.5. The fraction of sp³-hybridized carbons (Fsp3) is 0.0714. The molecule has 1 N–H and O–H groups in total. The van der Waals surface area contributed by atoms with Gasteiger partial charge in [-0.05, 0) is 40.2 Å². The van der Waals surface area contributed by atoms with Crippen molar-refractivity contribution in [2.24, 2.45) is 0 Å². The van der Waals surface area contributed by atoms with Gasteiger partial charge in [-0.1, -0.05) is 12.1 Å². The van der Waals surface area contributed by atoms with Gasteiger partial charge in [0.05, 0.1) is 4.47 Å². The summed E-state index contributed by atoms with van der Waals surface area (Å²) in [6.45, 7) is -0.0374. The summed E-state index contributed by atoms with van der Waals surface area (Å²) in [5.74, 6) is -2.38. The SMILES string of the molecule is O=C(O)c1cc(F)ccc1OCc1cccc(F)c1Br. The van der Waals surface area contributed by atoms with Crippen molar-refractivity contribution in [2.75, 3.05) is 0 Å². The molecule has 3 nitrogen and oxygen atoms in total. The van der Waals surface area contributed by atoms with Gasteiger partial charge in [0.15, 0.2) is 0 Å². The predicted molar refractivity (Wildman–Crippen MR) is 71.8 cm³/mol. The molecule has 20 heavy (non-hydrogen) atoms. The number of halogens is 3. The van der Waals surface area contributed by atoms with E-state index in [1.54, 1.807) is 6.07 Å². The summed E-state index contributed by atoms with van der Waals surface area (Å²) in [6, 6.07) is 7.64. The van der Waals surface area contributed by atoms with Crippen LogP contribution in [0.5, 0.6) is 5.75 Å². The second kappa shape index (κ2) is 6.00. The van der Waals surface area contributed by atoms with Crippen LogP contribution in [0.25, 0.3) is 0 Å².